The summed E-state index contributed by atoms with van der Waals surface area (Å²) in [4.78, 5) is 18.0. The van der Waals surface area contributed by atoms with Crippen LogP contribution in [0.5, 0.6) is 0 Å². The van der Waals surface area contributed by atoms with Crippen molar-refractivity contribution < 1.29 is 4.79 Å². The van der Waals surface area contributed by atoms with Crippen LogP contribution < -0.4 is 10.2 Å². The van der Waals surface area contributed by atoms with Gasteiger partial charge in [-0.25, -0.2) is 0 Å². The highest BCUT2D eigenvalue weighted by Gasteiger charge is 2.38. The van der Waals surface area contributed by atoms with Crippen LogP contribution in [0, 0.1) is 0 Å². The Hall–Kier alpha value is -2.96. The van der Waals surface area contributed by atoms with Crippen LogP contribution in [0.15, 0.2) is 67.0 Å². The number of anilines is 1. The SMILES string of the molecule is Cn1cc(CNC[C@@H]2CC[C@@H]3CN(C(=O)c4ccccc4)c4ccccc4CN32)cn1. The highest BCUT2D eigenvalue weighted by molar-refractivity contribution is 6.06. The molecule has 1 saturated heterocycles. The fraction of sp³-hybridized carbons (Fsp3) is 0.360. The molecule has 2 aliphatic rings. The van der Waals surface area contributed by atoms with Gasteiger partial charge in [-0.15, -0.1) is 0 Å². The first-order valence-electron chi connectivity index (χ1n) is 11.1. The molecule has 2 aliphatic heterocycles. The quantitative estimate of drug-likeness (QED) is 0.695. The first-order valence-corrected chi connectivity index (χ1v) is 11.1. The first kappa shape index (κ1) is 20.0. The van der Waals surface area contributed by atoms with E-state index >= 15 is 0 Å². The fourth-order valence-corrected chi connectivity index (χ4v) is 4.98. The highest BCUT2D eigenvalue weighted by atomic mass is 16.2. The Balaban J connectivity index is 1.33. The molecule has 3 aromatic rings. The van der Waals surface area contributed by atoms with Gasteiger partial charge in [0, 0.05) is 68.3 Å². The van der Waals surface area contributed by atoms with Crippen LogP contribution >= 0.6 is 0 Å². The van der Waals surface area contributed by atoms with Crippen molar-refractivity contribution in [2.24, 2.45) is 7.05 Å². The lowest BCUT2D eigenvalue weighted by molar-refractivity contribution is 0.0978. The van der Waals surface area contributed by atoms with E-state index in [0.29, 0.717) is 12.1 Å². The summed E-state index contributed by atoms with van der Waals surface area (Å²) >= 11 is 0. The lowest BCUT2D eigenvalue weighted by Crippen LogP contribution is -2.45. The number of aryl methyl sites for hydroxylation is 1. The van der Waals surface area contributed by atoms with Crippen LogP contribution in [0.3, 0.4) is 0 Å². The zero-order valence-corrected chi connectivity index (χ0v) is 17.9. The molecule has 160 valence electrons. The number of fused-ring (bicyclic) bond motifs is 2. The molecule has 5 rings (SSSR count). The van der Waals surface area contributed by atoms with Crippen LogP contribution in [-0.2, 0) is 20.1 Å². The summed E-state index contributed by atoms with van der Waals surface area (Å²) in [5.41, 5.74) is 4.23. The second kappa shape index (κ2) is 8.65. The van der Waals surface area contributed by atoms with Gasteiger partial charge in [0.05, 0.1) is 6.20 Å². The summed E-state index contributed by atoms with van der Waals surface area (Å²) in [6.45, 7) is 3.40. The molecule has 1 aromatic heterocycles. The normalized spacial score (nSPS) is 20.9. The molecule has 0 aliphatic carbocycles. The van der Waals surface area contributed by atoms with E-state index in [1.807, 2.05) is 59.2 Å². The van der Waals surface area contributed by atoms with Gasteiger partial charge in [-0.2, -0.15) is 5.10 Å². The maximum Gasteiger partial charge on any atom is 0.258 e. The van der Waals surface area contributed by atoms with Crippen molar-refractivity contribution in [1.29, 1.82) is 0 Å². The number of nitrogens with zero attached hydrogens (tertiary/aromatic N) is 4. The highest BCUT2D eigenvalue weighted by Crippen LogP contribution is 2.35. The summed E-state index contributed by atoms with van der Waals surface area (Å²) in [5, 5.41) is 7.87. The Bertz CT molecular complexity index is 1050. The van der Waals surface area contributed by atoms with Gasteiger partial charge in [0.15, 0.2) is 0 Å². The smallest absolute Gasteiger partial charge is 0.258 e. The lowest BCUT2D eigenvalue weighted by atomic mass is 10.1. The maximum absolute atomic E-state index is 13.4. The van der Waals surface area contributed by atoms with Crippen molar-refractivity contribution in [3.63, 3.8) is 0 Å². The Morgan fingerprint density at radius 2 is 1.90 bits per heavy atom. The van der Waals surface area contributed by atoms with Gasteiger partial charge >= 0.3 is 0 Å². The maximum atomic E-state index is 13.4. The minimum atomic E-state index is 0.0908. The van der Waals surface area contributed by atoms with E-state index in [9.17, 15) is 4.79 Å². The Kier molecular flexibility index (Phi) is 5.57. The van der Waals surface area contributed by atoms with E-state index in [-0.39, 0.29) is 5.91 Å². The molecule has 3 heterocycles. The Morgan fingerprint density at radius 1 is 1.10 bits per heavy atom. The molecule has 1 N–H and O–H groups in total. The van der Waals surface area contributed by atoms with Crippen molar-refractivity contribution >= 4 is 11.6 Å². The van der Waals surface area contributed by atoms with Gasteiger partial charge < -0.3 is 10.2 Å². The molecule has 1 amide bonds. The number of amides is 1. The van der Waals surface area contributed by atoms with Crippen molar-refractivity contribution in [3.05, 3.63) is 83.7 Å². The molecule has 0 unspecified atom stereocenters. The molecule has 0 bridgehead atoms. The second-order valence-electron chi connectivity index (χ2n) is 8.62. The van der Waals surface area contributed by atoms with E-state index < -0.39 is 0 Å². The zero-order chi connectivity index (χ0) is 21.2. The summed E-state index contributed by atoms with van der Waals surface area (Å²) < 4.78 is 1.84. The van der Waals surface area contributed by atoms with Crippen LogP contribution in [0.4, 0.5) is 5.69 Å². The van der Waals surface area contributed by atoms with E-state index in [1.165, 1.54) is 11.1 Å². The molecule has 0 radical (unpaired) electrons. The zero-order valence-electron chi connectivity index (χ0n) is 17.9. The number of hydrogen-bond acceptors (Lipinski definition) is 4. The van der Waals surface area contributed by atoms with Gasteiger partial charge in [0.2, 0.25) is 0 Å². The lowest BCUT2D eigenvalue weighted by Gasteiger charge is -2.30. The number of benzene rings is 2. The van der Waals surface area contributed by atoms with Crippen molar-refractivity contribution in [3.8, 4) is 0 Å². The molecule has 0 spiro atoms. The van der Waals surface area contributed by atoms with Crippen molar-refractivity contribution in [2.45, 2.75) is 38.0 Å². The molecule has 31 heavy (non-hydrogen) atoms. The number of rotatable bonds is 5. The molecule has 0 saturated carbocycles. The third-order valence-corrected chi connectivity index (χ3v) is 6.53. The second-order valence-corrected chi connectivity index (χ2v) is 8.62. The molecular weight excluding hydrogens is 386 g/mol. The van der Waals surface area contributed by atoms with Gasteiger partial charge in [0.1, 0.15) is 0 Å². The van der Waals surface area contributed by atoms with Crippen LogP contribution in [-0.4, -0.2) is 45.8 Å². The Morgan fingerprint density at radius 3 is 2.71 bits per heavy atom. The summed E-state index contributed by atoms with van der Waals surface area (Å²) in [6.07, 6.45) is 6.24. The number of para-hydroxylation sites is 1. The summed E-state index contributed by atoms with van der Waals surface area (Å²) in [7, 11) is 1.95. The number of hydrogen-bond donors (Lipinski definition) is 1. The standard InChI is InChI=1S/C25H29N5O/c1-28-16-19(14-27-28)13-26-15-22-11-12-23-18-30(25(31)20-7-3-2-4-8-20)24-10-6-5-9-21(24)17-29(22)23/h2-10,14,16,22-23,26H,11-13,15,17-18H2,1H3/t22-,23+/m0/s1. The number of carbonyl (C=O) groups is 1. The molecule has 6 heteroatoms. The Labute approximate surface area is 183 Å². The molecule has 6 nitrogen and oxygen atoms in total. The van der Waals surface area contributed by atoms with Crippen LogP contribution in [0.2, 0.25) is 0 Å². The van der Waals surface area contributed by atoms with E-state index in [2.05, 4.69) is 39.7 Å². The third kappa shape index (κ3) is 4.13. The fourth-order valence-electron chi connectivity index (χ4n) is 4.98. The third-order valence-electron chi connectivity index (χ3n) is 6.53. The van der Waals surface area contributed by atoms with Gasteiger partial charge in [0.25, 0.3) is 5.91 Å². The average Bonchev–Trinajstić information content (AvgIpc) is 3.34. The van der Waals surface area contributed by atoms with Crippen LogP contribution in [0.25, 0.3) is 0 Å². The molecular formula is C25H29N5O. The first-order chi connectivity index (χ1) is 15.2. The number of nitrogens with one attached hydrogen (secondary N) is 1. The minimum Gasteiger partial charge on any atom is -0.311 e. The van der Waals surface area contributed by atoms with Gasteiger partial charge in [-0.05, 0) is 36.6 Å². The van der Waals surface area contributed by atoms with Gasteiger partial charge in [-0.1, -0.05) is 36.4 Å². The number of aromatic nitrogens is 2. The monoisotopic (exact) mass is 415 g/mol. The predicted octanol–water partition coefficient (Wildman–Crippen LogP) is 3.20. The number of carbonyl (C=O) groups excluding carboxylic acids is 1. The van der Waals surface area contributed by atoms with Crippen molar-refractivity contribution in [1.82, 2.24) is 20.0 Å². The van der Waals surface area contributed by atoms with Crippen molar-refractivity contribution in [2.75, 3.05) is 18.0 Å². The topological polar surface area (TPSA) is 53.4 Å². The van der Waals surface area contributed by atoms with E-state index in [0.717, 1.165) is 50.3 Å². The molecule has 2 aromatic carbocycles. The average molecular weight is 416 g/mol. The molecule has 1 fully saturated rings. The minimum absolute atomic E-state index is 0.0908. The predicted molar refractivity (Wildman–Crippen MR) is 122 cm³/mol. The van der Waals surface area contributed by atoms with Crippen LogP contribution in [0.1, 0.15) is 34.3 Å². The molecule has 2 atom stereocenters. The largest absolute Gasteiger partial charge is 0.311 e. The van der Waals surface area contributed by atoms with E-state index in [1.54, 1.807) is 0 Å². The summed E-state index contributed by atoms with van der Waals surface area (Å²) in [6, 6.07) is 18.9. The summed E-state index contributed by atoms with van der Waals surface area (Å²) in [5.74, 6) is 0.0908. The van der Waals surface area contributed by atoms with Gasteiger partial charge in [-0.3, -0.25) is 14.4 Å². The van der Waals surface area contributed by atoms with E-state index in [4.69, 9.17) is 0 Å².